The zero-order valence-electron chi connectivity index (χ0n) is 14.6. The summed E-state index contributed by atoms with van der Waals surface area (Å²) in [7, 11) is 1.71. The minimum absolute atomic E-state index is 0. The summed E-state index contributed by atoms with van der Waals surface area (Å²) < 4.78 is 5.02. The molecule has 1 fully saturated rings. The summed E-state index contributed by atoms with van der Waals surface area (Å²) in [6.45, 7) is 11.4. The quantitative estimate of drug-likeness (QED) is 0.247. The van der Waals surface area contributed by atoms with Crippen LogP contribution in [-0.4, -0.2) is 87.7 Å². The Morgan fingerprint density at radius 3 is 2.48 bits per heavy atom. The number of hydrogen-bond donors (Lipinski definition) is 2. The SMILES string of the molecule is CCNC(=NCCCOC)NCCN1CCN(C(C)=O)CC1.I. The molecule has 1 rings (SSSR count). The number of carbonyl (C=O) groups is 1. The Morgan fingerprint density at radius 1 is 1.22 bits per heavy atom. The van der Waals surface area contributed by atoms with Crippen LogP contribution in [0.25, 0.3) is 0 Å². The van der Waals surface area contributed by atoms with Crippen LogP contribution in [0.5, 0.6) is 0 Å². The molecule has 2 N–H and O–H groups in total. The summed E-state index contributed by atoms with van der Waals surface area (Å²) in [5.41, 5.74) is 0. The summed E-state index contributed by atoms with van der Waals surface area (Å²) in [4.78, 5) is 20.1. The van der Waals surface area contributed by atoms with Gasteiger partial charge < -0.3 is 20.3 Å². The number of hydrogen-bond acceptors (Lipinski definition) is 4. The Hall–Kier alpha value is -0.610. The molecule has 0 saturated carbocycles. The number of nitrogens with zero attached hydrogens (tertiary/aromatic N) is 3. The Labute approximate surface area is 157 Å². The molecule has 1 saturated heterocycles. The van der Waals surface area contributed by atoms with Crippen molar-refractivity contribution in [2.45, 2.75) is 20.3 Å². The lowest BCUT2D eigenvalue weighted by Gasteiger charge is -2.34. The average molecular weight is 441 g/mol. The molecule has 0 spiro atoms. The van der Waals surface area contributed by atoms with Gasteiger partial charge in [-0.2, -0.15) is 0 Å². The molecule has 136 valence electrons. The van der Waals surface area contributed by atoms with Crippen molar-refractivity contribution in [2.24, 2.45) is 4.99 Å². The maximum absolute atomic E-state index is 11.3. The van der Waals surface area contributed by atoms with Crippen molar-refractivity contribution in [3.05, 3.63) is 0 Å². The Morgan fingerprint density at radius 2 is 1.91 bits per heavy atom. The van der Waals surface area contributed by atoms with Crippen LogP contribution >= 0.6 is 24.0 Å². The summed E-state index contributed by atoms with van der Waals surface area (Å²) in [5, 5.41) is 6.60. The van der Waals surface area contributed by atoms with Gasteiger partial charge in [0.1, 0.15) is 0 Å². The maximum Gasteiger partial charge on any atom is 0.219 e. The predicted molar refractivity (Wildman–Crippen MR) is 105 cm³/mol. The van der Waals surface area contributed by atoms with Crippen LogP contribution in [0.3, 0.4) is 0 Å². The van der Waals surface area contributed by atoms with Crippen LogP contribution in [0.15, 0.2) is 4.99 Å². The van der Waals surface area contributed by atoms with Crippen LogP contribution in [0.1, 0.15) is 20.3 Å². The third-order valence-electron chi connectivity index (χ3n) is 3.66. The fourth-order valence-corrected chi connectivity index (χ4v) is 2.36. The number of carbonyl (C=O) groups excluding carboxylic acids is 1. The van der Waals surface area contributed by atoms with Gasteiger partial charge in [-0.3, -0.25) is 14.7 Å². The smallest absolute Gasteiger partial charge is 0.219 e. The molecule has 0 aromatic heterocycles. The normalized spacial score (nSPS) is 16.0. The topological polar surface area (TPSA) is 69.2 Å². The van der Waals surface area contributed by atoms with E-state index >= 15 is 0 Å². The molecule has 1 amide bonds. The molecule has 1 aliphatic rings. The van der Waals surface area contributed by atoms with Crippen LogP contribution in [0, 0.1) is 0 Å². The molecule has 0 aliphatic carbocycles. The van der Waals surface area contributed by atoms with Crippen molar-refractivity contribution in [3.8, 4) is 0 Å². The highest BCUT2D eigenvalue weighted by Crippen LogP contribution is 2.00. The summed E-state index contributed by atoms with van der Waals surface area (Å²) in [6, 6.07) is 0. The van der Waals surface area contributed by atoms with Gasteiger partial charge in [-0.15, -0.1) is 24.0 Å². The van der Waals surface area contributed by atoms with Gasteiger partial charge in [0.2, 0.25) is 5.91 Å². The largest absolute Gasteiger partial charge is 0.385 e. The van der Waals surface area contributed by atoms with Gasteiger partial charge >= 0.3 is 0 Å². The highest BCUT2D eigenvalue weighted by atomic mass is 127. The predicted octanol–water partition coefficient (Wildman–Crippen LogP) is 0.360. The second-order valence-electron chi connectivity index (χ2n) is 5.38. The van der Waals surface area contributed by atoms with Crippen molar-refractivity contribution in [1.82, 2.24) is 20.4 Å². The van der Waals surface area contributed by atoms with Crippen molar-refractivity contribution in [3.63, 3.8) is 0 Å². The molecule has 7 nitrogen and oxygen atoms in total. The molecule has 0 atom stereocenters. The van der Waals surface area contributed by atoms with Crippen molar-refractivity contribution < 1.29 is 9.53 Å². The Bertz CT molecular complexity index is 347. The van der Waals surface area contributed by atoms with Crippen LogP contribution in [0.2, 0.25) is 0 Å². The second kappa shape index (κ2) is 13.8. The average Bonchev–Trinajstić information content (AvgIpc) is 2.52. The van der Waals surface area contributed by atoms with Gasteiger partial charge in [0.05, 0.1) is 0 Å². The maximum atomic E-state index is 11.3. The highest BCUT2D eigenvalue weighted by Gasteiger charge is 2.17. The van der Waals surface area contributed by atoms with Crippen LogP contribution in [-0.2, 0) is 9.53 Å². The number of piperazine rings is 1. The first-order chi connectivity index (χ1) is 10.7. The molecule has 8 heteroatoms. The van der Waals surface area contributed by atoms with Crippen molar-refractivity contribution >= 4 is 35.8 Å². The second-order valence-corrected chi connectivity index (χ2v) is 5.38. The fraction of sp³-hybridized carbons (Fsp3) is 0.867. The third kappa shape index (κ3) is 9.98. The number of halogens is 1. The standard InChI is InChI=1S/C15H31N5O2.HI/c1-4-16-15(17-6-5-13-22-3)18-7-8-19-9-11-20(12-10-19)14(2)21;/h4-13H2,1-3H3,(H2,16,17,18);1H. The molecule has 23 heavy (non-hydrogen) atoms. The summed E-state index contributed by atoms with van der Waals surface area (Å²) >= 11 is 0. The fourth-order valence-electron chi connectivity index (χ4n) is 2.36. The number of rotatable bonds is 8. The van der Waals surface area contributed by atoms with Crippen LogP contribution in [0.4, 0.5) is 0 Å². The summed E-state index contributed by atoms with van der Waals surface area (Å²) in [5.74, 6) is 1.04. The minimum atomic E-state index is 0. The van der Waals surface area contributed by atoms with E-state index in [9.17, 15) is 4.79 Å². The monoisotopic (exact) mass is 441 g/mol. The molecule has 0 radical (unpaired) electrons. The lowest BCUT2D eigenvalue weighted by molar-refractivity contribution is -0.130. The van der Waals surface area contributed by atoms with Crippen molar-refractivity contribution in [1.29, 1.82) is 0 Å². The van der Waals surface area contributed by atoms with Crippen molar-refractivity contribution in [2.75, 3.05) is 66.1 Å². The minimum Gasteiger partial charge on any atom is -0.385 e. The van der Waals surface area contributed by atoms with E-state index in [2.05, 4.69) is 27.4 Å². The molecule has 0 aromatic carbocycles. The van der Waals surface area contributed by atoms with Gasteiger partial charge in [-0.05, 0) is 13.3 Å². The molecule has 0 aromatic rings. The van der Waals surface area contributed by atoms with E-state index < -0.39 is 0 Å². The molecule has 1 aliphatic heterocycles. The molecular weight excluding hydrogens is 409 g/mol. The van der Waals surface area contributed by atoms with Gasteiger partial charge in [0, 0.05) is 73.0 Å². The molecule has 0 bridgehead atoms. The lowest BCUT2D eigenvalue weighted by Crippen LogP contribution is -2.50. The van der Waals surface area contributed by atoms with Crippen LogP contribution < -0.4 is 10.6 Å². The number of aliphatic imine (C=N–C) groups is 1. The van der Waals surface area contributed by atoms with E-state index in [-0.39, 0.29) is 29.9 Å². The number of ether oxygens (including phenoxy) is 1. The highest BCUT2D eigenvalue weighted by molar-refractivity contribution is 14.0. The first-order valence-electron chi connectivity index (χ1n) is 8.16. The number of guanidine groups is 1. The zero-order valence-corrected chi connectivity index (χ0v) is 17.0. The van der Waals surface area contributed by atoms with E-state index in [0.717, 1.165) is 71.3 Å². The molecule has 0 unspecified atom stereocenters. The Balaban J connectivity index is 0.00000484. The van der Waals surface area contributed by atoms with Gasteiger partial charge in [0.25, 0.3) is 0 Å². The number of nitrogens with one attached hydrogen (secondary N) is 2. The van der Waals surface area contributed by atoms with E-state index in [1.165, 1.54) is 0 Å². The zero-order chi connectivity index (χ0) is 16.2. The van der Waals surface area contributed by atoms with E-state index in [1.807, 2.05) is 4.90 Å². The molecular formula is C15H32IN5O2. The first kappa shape index (κ1) is 22.4. The van der Waals surface area contributed by atoms with E-state index in [1.54, 1.807) is 14.0 Å². The van der Waals surface area contributed by atoms with E-state index in [0.29, 0.717) is 0 Å². The van der Waals surface area contributed by atoms with Gasteiger partial charge in [-0.1, -0.05) is 0 Å². The molecule has 1 heterocycles. The summed E-state index contributed by atoms with van der Waals surface area (Å²) in [6.07, 6.45) is 0.931. The first-order valence-corrected chi connectivity index (χ1v) is 8.16. The lowest BCUT2D eigenvalue weighted by atomic mass is 10.3. The number of methoxy groups -OCH3 is 1. The Kier molecular flexibility index (Phi) is 13.4. The van der Waals surface area contributed by atoms with Gasteiger partial charge in [0.15, 0.2) is 5.96 Å². The third-order valence-corrected chi connectivity index (χ3v) is 3.66. The van der Waals surface area contributed by atoms with Gasteiger partial charge in [-0.25, -0.2) is 0 Å². The van der Waals surface area contributed by atoms with E-state index in [4.69, 9.17) is 4.74 Å². The number of amides is 1.